The van der Waals surface area contributed by atoms with E-state index in [4.69, 9.17) is 42.1 Å². The summed E-state index contributed by atoms with van der Waals surface area (Å²) in [5.74, 6) is 0.566. The maximum Gasteiger partial charge on any atom is 0.278 e. The maximum absolute atomic E-state index is 12.3. The first-order valence-corrected chi connectivity index (χ1v) is 12.9. The van der Waals surface area contributed by atoms with Crippen LogP contribution in [0.5, 0.6) is 17.4 Å². The van der Waals surface area contributed by atoms with Gasteiger partial charge in [0.1, 0.15) is 18.2 Å². The summed E-state index contributed by atoms with van der Waals surface area (Å²) in [4.78, 5) is 16.5. The molecule has 0 aliphatic rings. The van der Waals surface area contributed by atoms with E-state index in [0.717, 1.165) is 9.13 Å². The fourth-order valence-corrected chi connectivity index (χ4v) is 4.54. The van der Waals surface area contributed by atoms with Gasteiger partial charge in [0.15, 0.2) is 18.1 Å². The lowest BCUT2D eigenvalue weighted by Gasteiger charge is -2.14. The highest BCUT2D eigenvalue weighted by Crippen LogP contribution is 2.35. The van der Waals surface area contributed by atoms with Gasteiger partial charge in [-0.05, 0) is 65.4 Å². The Bertz CT molecular complexity index is 1400. The van der Waals surface area contributed by atoms with Gasteiger partial charge in [0.25, 0.3) is 5.91 Å². The third-order valence-electron chi connectivity index (χ3n) is 4.99. The molecule has 0 aliphatic carbocycles. The SMILES string of the molecule is COCc1cc(C)nc(OCC(=O)N/N=C\c2cc(I)c(OCc3ccc(Cl)cc3Cl)c(OC)c2)c1C#N. The molecule has 1 amide bonds. The van der Waals surface area contributed by atoms with Crippen LogP contribution in [0.1, 0.15) is 27.9 Å². The second kappa shape index (κ2) is 14.2. The average molecular weight is 669 g/mol. The topological polar surface area (TPSA) is 115 Å². The third-order valence-corrected chi connectivity index (χ3v) is 6.38. The van der Waals surface area contributed by atoms with Crippen molar-refractivity contribution >= 4 is 57.9 Å². The smallest absolute Gasteiger partial charge is 0.278 e. The van der Waals surface area contributed by atoms with E-state index < -0.39 is 5.91 Å². The molecule has 0 saturated heterocycles. The van der Waals surface area contributed by atoms with Crippen LogP contribution in [0.2, 0.25) is 10.0 Å². The average Bonchev–Trinajstić information content (AvgIpc) is 2.87. The summed E-state index contributed by atoms with van der Waals surface area (Å²) in [6, 6.07) is 12.5. The van der Waals surface area contributed by atoms with Gasteiger partial charge in [0.2, 0.25) is 5.88 Å². The highest BCUT2D eigenvalue weighted by atomic mass is 127. The zero-order valence-corrected chi connectivity index (χ0v) is 24.3. The van der Waals surface area contributed by atoms with Crippen LogP contribution in [0.3, 0.4) is 0 Å². The monoisotopic (exact) mass is 668 g/mol. The lowest BCUT2D eigenvalue weighted by Crippen LogP contribution is -2.25. The van der Waals surface area contributed by atoms with Gasteiger partial charge in [-0.25, -0.2) is 10.4 Å². The summed E-state index contributed by atoms with van der Waals surface area (Å²) in [7, 11) is 3.05. The molecule has 1 heterocycles. The van der Waals surface area contributed by atoms with Gasteiger partial charge in [0, 0.05) is 34.0 Å². The van der Waals surface area contributed by atoms with E-state index in [1.54, 1.807) is 37.3 Å². The molecule has 0 spiro atoms. The van der Waals surface area contributed by atoms with Crippen molar-refractivity contribution in [2.24, 2.45) is 5.10 Å². The van der Waals surface area contributed by atoms with Gasteiger partial charge in [-0.2, -0.15) is 10.4 Å². The number of pyridine rings is 1. The molecule has 9 nitrogen and oxygen atoms in total. The Morgan fingerprint density at radius 1 is 1.16 bits per heavy atom. The number of hydrogen-bond donors (Lipinski definition) is 1. The van der Waals surface area contributed by atoms with Crippen molar-refractivity contribution in [3.63, 3.8) is 0 Å². The number of carbonyl (C=O) groups excluding carboxylic acids is 1. The van der Waals surface area contributed by atoms with E-state index in [1.807, 2.05) is 12.1 Å². The third kappa shape index (κ3) is 7.94. The van der Waals surface area contributed by atoms with Crippen LogP contribution < -0.4 is 19.6 Å². The van der Waals surface area contributed by atoms with Crippen LogP contribution >= 0.6 is 45.8 Å². The van der Waals surface area contributed by atoms with Gasteiger partial charge in [-0.15, -0.1) is 0 Å². The van der Waals surface area contributed by atoms with E-state index in [1.165, 1.54) is 20.4 Å². The van der Waals surface area contributed by atoms with Crippen LogP contribution in [0.15, 0.2) is 41.5 Å². The molecule has 3 rings (SSSR count). The summed E-state index contributed by atoms with van der Waals surface area (Å²) in [5, 5.41) is 14.5. The van der Waals surface area contributed by atoms with E-state index in [2.05, 4.69) is 38.1 Å². The van der Waals surface area contributed by atoms with Gasteiger partial charge < -0.3 is 18.9 Å². The van der Waals surface area contributed by atoms with Gasteiger partial charge in [0.05, 0.1) is 23.5 Å². The number of nitriles is 1. The van der Waals surface area contributed by atoms with Crippen molar-refractivity contribution < 1.29 is 23.7 Å². The second-order valence-electron chi connectivity index (χ2n) is 7.79. The number of rotatable bonds is 11. The standard InChI is InChI=1S/C26H23Cl2IN4O5/c1-15-6-18(12-35-2)20(10-30)26(32-15)38-14-24(34)33-31-11-16-7-22(29)25(23(8-16)36-3)37-13-17-4-5-19(27)9-21(17)28/h4-9,11H,12-14H2,1-3H3,(H,33,34)/b31-11-. The highest BCUT2D eigenvalue weighted by molar-refractivity contribution is 14.1. The molecule has 198 valence electrons. The predicted octanol–water partition coefficient (Wildman–Crippen LogP) is 5.44. The van der Waals surface area contributed by atoms with Crippen LogP contribution in [0, 0.1) is 21.8 Å². The number of ether oxygens (including phenoxy) is 4. The first-order valence-electron chi connectivity index (χ1n) is 11.0. The van der Waals surface area contributed by atoms with Gasteiger partial charge >= 0.3 is 0 Å². The fraction of sp³-hybridized carbons (Fsp3) is 0.231. The number of nitrogens with one attached hydrogen (secondary N) is 1. The number of methoxy groups -OCH3 is 2. The number of carbonyl (C=O) groups is 1. The Hall–Kier alpha value is -3.11. The van der Waals surface area contributed by atoms with Crippen molar-refractivity contribution in [2.75, 3.05) is 20.8 Å². The number of halogens is 3. The van der Waals surface area contributed by atoms with Crippen LogP contribution in [-0.2, 0) is 22.7 Å². The van der Waals surface area contributed by atoms with Crippen LogP contribution in [0.4, 0.5) is 0 Å². The molecule has 0 saturated carbocycles. The zero-order valence-electron chi connectivity index (χ0n) is 20.7. The minimum Gasteiger partial charge on any atom is -0.493 e. The minimum absolute atomic E-state index is 0.0634. The Morgan fingerprint density at radius 2 is 1.95 bits per heavy atom. The lowest BCUT2D eigenvalue weighted by atomic mass is 10.1. The molecule has 1 aromatic heterocycles. The molecule has 2 aromatic carbocycles. The zero-order chi connectivity index (χ0) is 27.7. The maximum atomic E-state index is 12.3. The largest absolute Gasteiger partial charge is 0.493 e. The highest BCUT2D eigenvalue weighted by Gasteiger charge is 2.15. The molecule has 0 radical (unpaired) electrons. The minimum atomic E-state index is -0.525. The normalized spacial score (nSPS) is 10.8. The number of benzene rings is 2. The Labute approximate surface area is 243 Å². The number of nitrogens with zero attached hydrogens (tertiary/aromatic N) is 3. The molecular weight excluding hydrogens is 646 g/mol. The van der Waals surface area contributed by atoms with E-state index in [0.29, 0.717) is 38.4 Å². The molecule has 0 atom stereocenters. The summed E-state index contributed by atoms with van der Waals surface area (Å²) in [6.45, 7) is 1.83. The van der Waals surface area contributed by atoms with Crippen molar-refractivity contribution in [1.29, 1.82) is 5.26 Å². The van der Waals surface area contributed by atoms with Crippen molar-refractivity contribution in [2.45, 2.75) is 20.1 Å². The van der Waals surface area contributed by atoms with E-state index in [9.17, 15) is 10.1 Å². The first-order chi connectivity index (χ1) is 18.2. The Morgan fingerprint density at radius 3 is 2.63 bits per heavy atom. The Kier molecular flexibility index (Phi) is 11.0. The summed E-state index contributed by atoms with van der Waals surface area (Å²) < 4.78 is 22.8. The molecule has 1 N–H and O–H groups in total. The van der Waals surface area contributed by atoms with E-state index >= 15 is 0 Å². The van der Waals surface area contributed by atoms with Gasteiger partial charge in [-0.1, -0.05) is 29.3 Å². The summed E-state index contributed by atoms with van der Waals surface area (Å²) >= 11 is 14.3. The van der Waals surface area contributed by atoms with E-state index in [-0.39, 0.29) is 31.3 Å². The molecule has 0 fully saturated rings. The summed E-state index contributed by atoms with van der Waals surface area (Å²) in [5.41, 5.74) is 5.32. The van der Waals surface area contributed by atoms with Crippen molar-refractivity contribution in [3.8, 4) is 23.4 Å². The first kappa shape index (κ1) is 29.4. The van der Waals surface area contributed by atoms with Crippen LogP contribution in [0.25, 0.3) is 0 Å². The summed E-state index contributed by atoms with van der Waals surface area (Å²) in [6.07, 6.45) is 1.46. The molecular formula is C26H23Cl2IN4O5. The number of hydrogen-bond acceptors (Lipinski definition) is 8. The Balaban J connectivity index is 1.63. The van der Waals surface area contributed by atoms with Crippen LogP contribution in [-0.4, -0.2) is 37.9 Å². The molecule has 0 bridgehead atoms. The lowest BCUT2D eigenvalue weighted by molar-refractivity contribution is -0.123. The molecule has 0 unspecified atom stereocenters. The fourth-order valence-electron chi connectivity index (χ4n) is 3.29. The number of aryl methyl sites for hydroxylation is 1. The quantitative estimate of drug-likeness (QED) is 0.165. The molecule has 12 heteroatoms. The number of hydrazone groups is 1. The van der Waals surface area contributed by atoms with Crippen molar-refractivity contribution in [1.82, 2.24) is 10.4 Å². The van der Waals surface area contributed by atoms with Crippen molar-refractivity contribution in [3.05, 3.63) is 78.0 Å². The van der Waals surface area contributed by atoms with Gasteiger partial charge in [-0.3, -0.25) is 4.79 Å². The number of aromatic nitrogens is 1. The molecule has 38 heavy (non-hydrogen) atoms. The molecule has 0 aliphatic heterocycles. The second-order valence-corrected chi connectivity index (χ2v) is 9.79. The molecule has 3 aromatic rings. The number of amides is 1. The predicted molar refractivity (Wildman–Crippen MR) is 152 cm³/mol.